The summed E-state index contributed by atoms with van der Waals surface area (Å²) in [4.78, 5) is 0. The van der Waals surface area contributed by atoms with Gasteiger partial charge in [0.25, 0.3) is 0 Å². The monoisotopic (exact) mass is 278 g/mol. The number of rotatable bonds is 5. The van der Waals surface area contributed by atoms with Gasteiger partial charge in [-0.2, -0.15) is 0 Å². The van der Waals surface area contributed by atoms with E-state index in [4.69, 9.17) is 15.5 Å². The Bertz CT molecular complexity index is 625. The number of oxime groups is 1. The van der Waals surface area contributed by atoms with E-state index in [1.165, 1.54) is 6.07 Å². The van der Waals surface area contributed by atoms with Crippen LogP contribution in [0.1, 0.15) is 22.6 Å². The largest absolute Gasteiger partial charge is 0.409 e. The maximum atomic E-state index is 13.8. The van der Waals surface area contributed by atoms with Crippen LogP contribution in [0, 0.1) is 12.7 Å². The van der Waals surface area contributed by atoms with Crippen molar-refractivity contribution in [3.8, 4) is 0 Å². The molecule has 0 fully saturated rings. The van der Waals surface area contributed by atoms with E-state index in [-0.39, 0.29) is 5.84 Å². The molecule has 1 heterocycles. The van der Waals surface area contributed by atoms with E-state index in [1.807, 2.05) is 13.0 Å². The minimum absolute atomic E-state index is 0.124. The van der Waals surface area contributed by atoms with Crippen LogP contribution in [0.25, 0.3) is 0 Å². The zero-order valence-corrected chi connectivity index (χ0v) is 10.9. The molecule has 2 rings (SSSR count). The molecule has 0 aliphatic rings. The average molecular weight is 278 g/mol. The van der Waals surface area contributed by atoms with Crippen LogP contribution in [0.5, 0.6) is 0 Å². The molecule has 0 amide bonds. The summed E-state index contributed by atoms with van der Waals surface area (Å²) in [5.41, 5.74) is 6.97. The first-order valence-corrected chi connectivity index (χ1v) is 5.99. The standard InChI is InChI=1S/C13H15FN4O2/c1-8-4-11(18-20-8)7-16-6-10-3-2-9(5-12(10)14)13(15)17-19/h2-5,16,19H,6-7H2,1H3,(H2,15,17). The van der Waals surface area contributed by atoms with Gasteiger partial charge in [-0.1, -0.05) is 22.4 Å². The van der Waals surface area contributed by atoms with Gasteiger partial charge in [0.1, 0.15) is 11.6 Å². The number of amidine groups is 1. The number of nitrogens with zero attached hydrogens (tertiary/aromatic N) is 2. The lowest BCUT2D eigenvalue weighted by Crippen LogP contribution is -2.16. The topological polar surface area (TPSA) is 96.7 Å². The van der Waals surface area contributed by atoms with Gasteiger partial charge in [-0.3, -0.25) is 0 Å². The van der Waals surface area contributed by atoms with Crippen LogP contribution >= 0.6 is 0 Å². The van der Waals surface area contributed by atoms with E-state index in [2.05, 4.69) is 15.6 Å². The van der Waals surface area contributed by atoms with Crippen LogP contribution in [-0.4, -0.2) is 16.2 Å². The molecule has 0 radical (unpaired) electrons. The first-order valence-electron chi connectivity index (χ1n) is 5.99. The molecule has 20 heavy (non-hydrogen) atoms. The Labute approximate surface area is 115 Å². The molecule has 6 nitrogen and oxygen atoms in total. The molecule has 0 aliphatic heterocycles. The zero-order chi connectivity index (χ0) is 14.5. The summed E-state index contributed by atoms with van der Waals surface area (Å²) in [6.45, 7) is 2.63. The molecule has 0 spiro atoms. The Morgan fingerprint density at radius 3 is 2.85 bits per heavy atom. The van der Waals surface area contributed by atoms with E-state index in [9.17, 15) is 4.39 Å². The molecular formula is C13H15FN4O2. The number of hydrogen-bond acceptors (Lipinski definition) is 5. The average Bonchev–Trinajstić information content (AvgIpc) is 2.85. The predicted octanol–water partition coefficient (Wildman–Crippen LogP) is 1.51. The van der Waals surface area contributed by atoms with Crippen LogP contribution < -0.4 is 11.1 Å². The first-order chi connectivity index (χ1) is 9.60. The Morgan fingerprint density at radius 2 is 2.25 bits per heavy atom. The summed E-state index contributed by atoms with van der Waals surface area (Å²) in [6, 6.07) is 6.22. The molecule has 1 aromatic carbocycles. The summed E-state index contributed by atoms with van der Waals surface area (Å²) in [5.74, 6) is 0.190. The molecule has 0 bridgehead atoms. The number of hydrogen-bond donors (Lipinski definition) is 3. The third-order valence-electron chi connectivity index (χ3n) is 2.75. The quantitative estimate of drug-likeness (QED) is 0.333. The first kappa shape index (κ1) is 14.0. The Morgan fingerprint density at radius 1 is 1.45 bits per heavy atom. The highest BCUT2D eigenvalue weighted by atomic mass is 19.1. The van der Waals surface area contributed by atoms with Crippen molar-refractivity contribution in [2.75, 3.05) is 0 Å². The van der Waals surface area contributed by atoms with Crippen LogP contribution in [0.2, 0.25) is 0 Å². The zero-order valence-electron chi connectivity index (χ0n) is 10.9. The number of halogens is 1. The number of aryl methyl sites for hydroxylation is 1. The molecule has 1 aromatic heterocycles. The molecule has 0 saturated carbocycles. The highest BCUT2D eigenvalue weighted by Crippen LogP contribution is 2.11. The second-order valence-corrected chi connectivity index (χ2v) is 4.32. The fourth-order valence-electron chi connectivity index (χ4n) is 1.73. The summed E-state index contributed by atoms with van der Waals surface area (Å²) in [7, 11) is 0. The number of nitrogens with one attached hydrogen (secondary N) is 1. The maximum Gasteiger partial charge on any atom is 0.170 e. The summed E-state index contributed by atoms with van der Waals surface area (Å²) < 4.78 is 18.7. The maximum absolute atomic E-state index is 13.8. The summed E-state index contributed by atoms with van der Waals surface area (Å²) >= 11 is 0. The molecule has 0 atom stereocenters. The van der Waals surface area contributed by atoms with E-state index in [1.54, 1.807) is 12.1 Å². The van der Waals surface area contributed by atoms with E-state index in [0.717, 1.165) is 11.5 Å². The second-order valence-electron chi connectivity index (χ2n) is 4.32. The lowest BCUT2D eigenvalue weighted by Gasteiger charge is -2.06. The van der Waals surface area contributed by atoms with Crippen molar-refractivity contribution < 1.29 is 14.1 Å². The smallest absolute Gasteiger partial charge is 0.170 e. The van der Waals surface area contributed by atoms with Crippen molar-refractivity contribution in [1.29, 1.82) is 0 Å². The number of benzene rings is 1. The molecule has 0 saturated heterocycles. The fourth-order valence-corrected chi connectivity index (χ4v) is 1.73. The van der Waals surface area contributed by atoms with Gasteiger partial charge in [-0.25, -0.2) is 4.39 Å². The van der Waals surface area contributed by atoms with Crippen molar-refractivity contribution in [3.05, 3.63) is 52.7 Å². The van der Waals surface area contributed by atoms with Gasteiger partial charge in [-0.05, 0) is 13.0 Å². The van der Waals surface area contributed by atoms with Crippen molar-refractivity contribution in [3.63, 3.8) is 0 Å². The van der Waals surface area contributed by atoms with Crippen LogP contribution in [-0.2, 0) is 13.1 Å². The molecule has 2 aromatic rings. The highest BCUT2D eigenvalue weighted by Gasteiger charge is 2.07. The SMILES string of the molecule is Cc1cc(CNCc2ccc(C(N)=NO)cc2F)no1. The highest BCUT2D eigenvalue weighted by molar-refractivity contribution is 5.97. The second kappa shape index (κ2) is 6.16. The van der Waals surface area contributed by atoms with Crippen LogP contribution in [0.4, 0.5) is 4.39 Å². The fraction of sp³-hybridized carbons (Fsp3) is 0.231. The lowest BCUT2D eigenvalue weighted by molar-refractivity contribution is 0.318. The normalized spacial score (nSPS) is 11.8. The van der Waals surface area contributed by atoms with Gasteiger partial charge < -0.3 is 20.8 Å². The van der Waals surface area contributed by atoms with E-state index in [0.29, 0.717) is 24.2 Å². The Kier molecular flexibility index (Phi) is 4.31. The molecular weight excluding hydrogens is 263 g/mol. The van der Waals surface area contributed by atoms with Gasteiger partial charge in [0, 0.05) is 30.3 Å². The lowest BCUT2D eigenvalue weighted by atomic mass is 10.1. The van der Waals surface area contributed by atoms with Gasteiger partial charge in [0.15, 0.2) is 5.84 Å². The molecule has 0 aliphatic carbocycles. The van der Waals surface area contributed by atoms with Gasteiger partial charge in [-0.15, -0.1) is 0 Å². The van der Waals surface area contributed by atoms with Crippen molar-refractivity contribution in [2.24, 2.45) is 10.9 Å². The third-order valence-corrected chi connectivity index (χ3v) is 2.75. The molecule has 106 valence electrons. The molecule has 4 N–H and O–H groups in total. The third kappa shape index (κ3) is 3.33. The number of aromatic nitrogens is 1. The minimum atomic E-state index is -0.419. The summed E-state index contributed by atoms with van der Waals surface area (Å²) in [6.07, 6.45) is 0. The minimum Gasteiger partial charge on any atom is -0.409 e. The predicted molar refractivity (Wildman–Crippen MR) is 70.7 cm³/mol. The van der Waals surface area contributed by atoms with Crippen LogP contribution in [0.3, 0.4) is 0 Å². The Hall–Kier alpha value is -2.41. The van der Waals surface area contributed by atoms with Gasteiger partial charge in [0.2, 0.25) is 0 Å². The molecule has 0 unspecified atom stereocenters. The number of nitrogens with two attached hydrogens (primary N) is 1. The molecule has 7 heteroatoms. The summed E-state index contributed by atoms with van der Waals surface area (Å²) in [5, 5.41) is 18.2. The Balaban J connectivity index is 1.96. The van der Waals surface area contributed by atoms with Crippen molar-refractivity contribution >= 4 is 5.84 Å². The van der Waals surface area contributed by atoms with Crippen molar-refractivity contribution in [2.45, 2.75) is 20.0 Å². The van der Waals surface area contributed by atoms with Gasteiger partial charge >= 0.3 is 0 Å². The van der Waals surface area contributed by atoms with E-state index >= 15 is 0 Å². The van der Waals surface area contributed by atoms with Gasteiger partial charge in [0.05, 0.1) is 5.69 Å². The van der Waals surface area contributed by atoms with E-state index < -0.39 is 5.82 Å². The van der Waals surface area contributed by atoms with Crippen molar-refractivity contribution in [1.82, 2.24) is 10.5 Å². The van der Waals surface area contributed by atoms with Crippen LogP contribution in [0.15, 0.2) is 33.9 Å².